The van der Waals surface area contributed by atoms with Gasteiger partial charge in [0.25, 0.3) is 0 Å². The number of halogens is 1. The number of anilines is 1. The molecule has 0 atom stereocenters. The zero-order chi connectivity index (χ0) is 14.0. The number of nitrogens with one attached hydrogen (secondary N) is 2. The molecule has 0 aliphatic carbocycles. The Morgan fingerprint density at radius 3 is 2.37 bits per heavy atom. The lowest BCUT2D eigenvalue weighted by Crippen LogP contribution is -2.48. The highest BCUT2D eigenvalue weighted by Gasteiger charge is 2.26. The van der Waals surface area contributed by atoms with Crippen LogP contribution in [0.25, 0.3) is 11.0 Å². The Hall–Kier alpha value is -1.72. The number of hydrogen-bond acceptors (Lipinski definition) is 4. The third kappa shape index (κ3) is 2.83. The van der Waals surface area contributed by atoms with Crippen molar-refractivity contribution in [3.05, 3.63) is 29.4 Å². The second-order valence-electron chi connectivity index (χ2n) is 4.68. The van der Waals surface area contributed by atoms with Crippen LogP contribution in [-0.4, -0.2) is 28.5 Å². The van der Waals surface area contributed by atoms with E-state index in [-0.39, 0.29) is 16.9 Å². The molecule has 100 valence electrons. The smallest absolute Gasteiger partial charge is 0.245 e. The number of benzene rings is 1. The fourth-order valence-electron chi connectivity index (χ4n) is 1.44. The predicted molar refractivity (Wildman–Crippen MR) is 76.3 cm³/mol. The molecular weight excluding hydrogens is 264 g/mol. The topological polar surface area (TPSA) is 66.9 Å². The van der Waals surface area contributed by atoms with Gasteiger partial charge < -0.3 is 10.6 Å². The van der Waals surface area contributed by atoms with Crippen LogP contribution in [0.2, 0.25) is 5.15 Å². The van der Waals surface area contributed by atoms with E-state index >= 15 is 0 Å². The number of likely N-dealkylation sites (N-methyl/N-ethyl adjacent to an activating group) is 1. The second kappa shape index (κ2) is 5.11. The SMILES string of the molecule is CNC(C)(C)C(=O)Nc1nc2ccccc2nc1Cl. The van der Waals surface area contributed by atoms with Crippen LogP contribution in [0.1, 0.15) is 13.8 Å². The summed E-state index contributed by atoms with van der Waals surface area (Å²) in [5.74, 6) is 0.0511. The van der Waals surface area contributed by atoms with Gasteiger partial charge in [-0.1, -0.05) is 23.7 Å². The van der Waals surface area contributed by atoms with E-state index in [0.29, 0.717) is 11.0 Å². The van der Waals surface area contributed by atoms with Gasteiger partial charge in [-0.05, 0) is 33.0 Å². The molecule has 0 spiro atoms. The maximum Gasteiger partial charge on any atom is 0.245 e. The summed E-state index contributed by atoms with van der Waals surface area (Å²) in [6.45, 7) is 3.54. The minimum atomic E-state index is -0.712. The van der Waals surface area contributed by atoms with Gasteiger partial charge in [-0.25, -0.2) is 9.97 Å². The summed E-state index contributed by atoms with van der Waals surface area (Å²) in [5, 5.41) is 5.78. The highest BCUT2D eigenvalue weighted by Crippen LogP contribution is 2.21. The Labute approximate surface area is 116 Å². The molecule has 1 heterocycles. The van der Waals surface area contributed by atoms with Crippen LogP contribution in [0.3, 0.4) is 0 Å². The molecule has 6 heteroatoms. The van der Waals surface area contributed by atoms with Crippen molar-refractivity contribution in [1.82, 2.24) is 15.3 Å². The van der Waals surface area contributed by atoms with Crippen molar-refractivity contribution in [2.75, 3.05) is 12.4 Å². The molecule has 1 aromatic heterocycles. The van der Waals surface area contributed by atoms with Gasteiger partial charge in [0.2, 0.25) is 5.91 Å². The predicted octanol–water partition coefficient (Wildman–Crippen LogP) is 2.22. The average Bonchev–Trinajstić information content (AvgIpc) is 2.39. The lowest BCUT2D eigenvalue weighted by molar-refractivity contribution is -0.121. The van der Waals surface area contributed by atoms with Crippen molar-refractivity contribution < 1.29 is 4.79 Å². The summed E-state index contributed by atoms with van der Waals surface area (Å²) < 4.78 is 0. The largest absolute Gasteiger partial charge is 0.307 e. The van der Waals surface area contributed by atoms with E-state index in [1.807, 2.05) is 24.3 Å². The minimum absolute atomic E-state index is 0.180. The number of fused-ring (bicyclic) bond motifs is 1. The van der Waals surface area contributed by atoms with Crippen LogP contribution in [0, 0.1) is 0 Å². The van der Waals surface area contributed by atoms with E-state index < -0.39 is 5.54 Å². The lowest BCUT2D eigenvalue weighted by atomic mass is 10.1. The molecule has 0 aliphatic heterocycles. The molecule has 2 aromatic rings. The molecule has 5 nitrogen and oxygen atoms in total. The number of nitrogens with zero attached hydrogens (tertiary/aromatic N) is 2. The molecular formula is C13H15ClN4O. The molecule has 0 bridgehead atoms. The third-order valence-corrected chi connectivity index (χ3v) is 3.22. The molecule has 0 aliphatic rings. The Morgan fingerprint density at radius 1 is 1.21 bits per heavy atom. The van der Waals surface area contributed by atoms with Gasteiger partial charge in [0.05, 0.1) is 16.6 Å². The number of aromatic nitrogens is 2. The first-order chi connectivity index (χ1) is 8.94. The number of para-hydroxylation sites is 2. The molecule has 0 radical (unpaired) electrons. The van der Waals surface area contributed by atoms with Gasteiger partial charge >= 0.3 is 0 Å². The van der Waals surface area contributed by atoms with Crippen molar-refractivity contribution in [3.8, 4) is 0 Å². The molecule has 19 heavy (non-hydrogen) atoms. The zero-order valence-electron chi connectivity index (χ0n) is 11.0. The maximum atomic E-state index is 12.1. The van der Waals surface area contributed by atoms with E-state index in [1.165, 1.54) is 0 Å². The highest BCUT2D eigenvalue weighted by molar-refractivity contribution is 6.32. The summed E-state index contributed by atoms with van der Waals surface area (Å²) in [6, 6.07) is 7.35. The number of carbonyl (C=O) groups is 1. The molecule has 0 fully saturated rings. The van der Waals surface area contributed by atoms with Crippen molar-refractivity contribution in [2.24, 2.45) is 0 Å². The van der Waals surface area contributed by atoms with Crippen LogP contribution < -0.4 is 10.6 Å². The van der Waals surface area contributed by atoms with Crippen molar-refractivity contribution in [1.29, 1.82) is 0 Å². The van der Waals surface area contributed by atoms with Gasteiger partial charge in [0.1, 0.15) is 0 Å². The summed E-state index contributed by atoms with van der Waals surface area (Å²) >= 11 is 6.03. The first-order valence-corrected chi connectivity index (χ1v) is 6.24. The molecule has 1 aromatic carbocycles. The Balaban J connectivity index is 2.35. The fourth-order valence-corrected chi connectivity index (χ4v) is 1.62. The summed E-state index contributed by atoms with van der Waals surface area (Å²) in [4.78, 5) is 20.6. The Morgan fingerprint density at radius 2 is 1.79 bits per heavy atom. The van der Waals surface area contributed by atoms with Crippen molar-refractivity contribution >= 4 is 34.4 Å². The van der Waals surface area contributed by atoms with Gasteiger partial charge in [0, 0.05) is 0 Å². The Bertz CT molecular complexity index is 627. The third-order valence-electron chi connectivity index (χ3n) is 2.95. The van der Waals surface area contributed by atoms with Gasteiger partial charge in [-0.3, -0.25) is 4.79 Å². The van der Waals surface area contributed by atoms with E-state index in [1.54, 1.807) is 20.9 Å². The van der Waals surface area contributed by atoms with E-state index in [9.17, 15) is 4.79 Å². The van der Waals surface area contributed by atoms with Crippen LogP contribution >= 0.6 is 11.6 Å². The summed E-state index contributed by atoms with van der Waals surface area (Å²) in [7, 11) is 1.72. The molecule has 0 unspecified atom stereocenters. The molecule has 2 rings (SSSR count). The molecule has 0 saturated carbocycles. The highest BCUT2D eigenvalue weighted by atomic mass is 35.5. The summed E-state index contributed by atoms with van der Waals surface area (Å²) in [6.07, 6.45) is 0. The van der Waals surface area contributed by atoms with Crippen molar-refractivity contribution in [2.45, 2.75) is 19.4 Å². The fraction of sp³-hybridized carbons (Fsp3) is 0.308. The number of hydrogen-bond donors (Lipinski definition) is 2. The quantitative estimate of drug-likeness (QED) is 0.903. The van der Waals surface area contributed by atoms with Crippen LogP contribution in [0.4, 0.5) is 5.82 Å². The number of amides is 1. The van der Waals surface area contributed by atoms with Crippen LogP contribution in [0.5, 0.6) is 0 Å². The summed E-state index contributed by atoms with van der Waals surface area (Å²) in [5.41, 5.74) is 0.666. The lowest BCUT2D eigenvalue weighted by Gasteiger charge is -2.22. The van der Waals surface area contributed by atoms with Gasteiger partial charge in [0.15, 0.2) is 11.0 Å². The van der Waals surface area contributed by atoms with E-state index in [0.717, 1.165) is 0 Å². The Kier molecular flexibility index (Phi) is 3.68. The van der Waals surface area contributed by atoms with Crippen LogP contribution in [0.15, 0.2) is 24.3 Å². The zero-order valence-corrected chi connectivity index (χ0v) is 11.7. The average molecular weight is 279 g/mol. The molecule has 2 N–H and O–H groups in total. The minimum Gasteiger partial charge on any atom is -0.307 e. The monoisotopic (exact) mass is 278 g/mol. The molecule has 0 saturated heterocycles. The van der Waals surface area contributed by atoms with Crippen LogP contribution in [-0.2, 0) is 4.79 Å². The second-order valence-corrected chi connectivity index (χ2v) is 5.04. The number of carbonyl (C=O) groups excluding carboxylic acids is 1. The van der Waals surface area contributed by atoms with Gasteiger partial charge in [-0.15, -0.1) is 0 Å². The standard InChI is InChI=1S/C13H15ClN4O/c1-13(2,15-3)12(19)18-11-10(14)16-8-6-4-5-7-9(8)17-11/h4-7,15H,1-3H3,(H,17,18,19). The molecule has 1 amide bonds. The number of rotatable bonds is 3. The van der Waals surface area contributed by atoms with Crippen molar-refractivity contribution in [3.63, 3.8) is 0 Å². The first kappa shape index (κ1) is 13.7. The normalized spacial score (nSPS) is 11.6. The van der Waals surface area contributed by atoms with E-state index in [4.69, 9.17) is 11.6 Å². The van der Waals surface area contributed by atoms with E-state index in [2.05, 4.69) is 20.6 Å². The van der Waals surface area contributed by atoms with Gasteiger partial charge in [-0.2, -0.15) is 0 Å². The maximum absolute atomic E-state index is 12.1. The first-order valence-electron chi connectivity index (χ1n) is 5.86.